The molecule has 0 saturated carbocycles. The highest BCUT2D eigenvalue weighted by Gasteiger charge is 2.08. The Balaban J connectivity index is 1.88. The number of nitrogens with zero attached hydrogens (tertiary/aromatic N) is 2. The second kappa shape index (κ2) is 5.92. The first kappa shape index (κ1) is 13.0. The summed E-state index contributed by atoms with van der Waals surface area (Å²) in [5.41, 5.74) is 0.191. The van der Waals surface area contributed by atoms with Gasteiger partial charge < -0.3 is 5.32 Å². The van der Waals surface area contributed by atoms with E-state index in [0.29, 0.717) is 0 Å². The third-order valence-corrected chi connectivity index (χ3v) is 3.95. The van der Waals surface area contributed by atoms with Gasteiger partial charge in [0.25, 0.3) is 0 Å². The normalized spacial score (nSPS) is 10.3. The molecule has 0 aliphatic carbocycles. The van der Waals surface area contributed by atoms with Crippen molar-refractivity contribution < 1.29 is 9.18 Å². The second-order valence-corrected chi connectivity index (χ2v) is 5.81. The Bertz CT molecular complexity index is 559. The molecule has 94 valence electrons. The predicted octanol–water partition coefficient (Wildman–Crippen LogP) is 2.72. The van der Waals surface area contributed by atoms with Gasteiger partial charge in [0.2, 0.25) is 5.91 Å². The molecule has 18 heavy (non-hydrogen) atoms. The van der Waals surface area contributed by atoms with Gasteiger partial charge in [-0.05, 0) is 19.1 Å². The molecule has 0 aliphatic rings. The Morgan fingerprint density at radius 3 is 2.89 bits per heavy atom. The number of thioether (sulfide) groups is 1. The number of aryl methyl sites for hydroxylation is 1. The summed E-state index contributed by atoms with van der Waals surface area (Å²) in [6, 6.07) is 6.06. The summed E-state index contributed by atoms with van der Waals surface area (Å²) in [7, 11) is 0. The third-order valence-electron chi connectivity index (χ3n) is 1.98. The van der Waals surface area contributed by atoms with Crippen molar-refractivity contribution in [3.8, 4) is 0 Å². The van der Waals surface area contributed by atoms with Gasteiger partial charge >= 0.3 is 0 Å². The SMILES string of the molecule is Cc1nnc(SCC(=O)Nc2ccccc2F)s1. The third kappa shape index (κ3) is 3.51. The molecule has 0 radical (unpaired) electrons. The molecule has 1 aromatic carbocycles. The number of carbonyl (C=O) groups excluding carboxylic acids is 1. The molecule has 1 heterocycles. The van der Waals surface area contributed by atoms with E-state index in [9.17, 15) is 9.18 Å². The zero-order valence-electron chi connectivity index (χ0n) is 9.51. The lowest BCUT2D eigenvalue weighted by molar-refractivity contribution is -0.113. The first-order chi connectivity index (χ1) is 8.65. The van der Waals surface area contributed by atoms with E-state index in [1.165, 1.54) is 35.2 Å². The summed E-state index contributed by atoms with van der Waals surface area (Å²) in [4.78, 5) is 11.6. The van der Waals surface area contributed by atoms with Gasteiger partial charge in [0.1, 0.15) is 10.8 Å². The van der Waals surface area contributed by atoms with E-state index in [1.54, 1.807) is 12.1 Å². The van der Waals surface area contributed by atoms with Crippen LogP contribution in [-0.2, 0) is 4.79 Å². The minimum atomic E-state index is -0.442. The van der Waals surface area contributed by atoms with Crippen molar-refractivity contribution in [2.75, 3.05) is 11.1 Å². The quantitative estimate of drug-likeness (QED) is 0.877. The highest BCUT2D eigenvalue weighted by Crippen LogP contribution is 2.22. The van der Waals surface area contributed by atoms with Gasteiger partial charge in [-0.25, -0.2) is 4.39 Å². The van der Waals surface area contributed by atoms with Gasteiger partial charge in [-0.2, -0.15) is 0 Å². The van der Waals surface area contributed by atoms with Crippen molar-refractivity contribution in [3.63, 3.8) is 0 Å². The number of aromatic nitrogens is 2. The number of hydrogen-bond acceptors (Lipinski definition) is 5. The fourth-order valence-electron chi connectivity index (χ4n) is 1.21. The molecule has 0 saturated heterocycles. The van der Waals surface area contributed by atoms with Crippen molar-refractivity contribution in [1.29, 1.82) is 0 Å². The molecule has 1 amide bonds. The van der Waals surface area contributed by atoms with Crippen LogP contribution in [0.25, 0.3) is 0 Å². The lowest BCUT2D eigenvalue weighted by Crippen LogP contribution is -2.14. The summed E-state index contributed by atoms with van der Waals surface area (Å²) >= 11 is 2.71. The highest BCUT2D eigenvalue weighted by atomic mass is 32.2. The number of amides is 1. The van der Waals surface area contributed by atoms with Crippen LogP contribution in [0.3, 0.4) is 0 Å². The first-order valence-corrected chi connectivity index (χ1v) is 6.92. The lowest BCUT2D eigenvalue weighted by atomic mass is 10.3. The van der Waals surface area contributed by atoms with E-state index in [1.807, 2.05) is 6.92 Å². The molecule has 2 aromatic rings. The van der Waals surface area contributed by atoms with Crippen molar-refractivity contribution in [3.05, 3.63) is 35.1 Å². The molecule has 0 unspecified atom stereocenters. The van der Waals surface area contributed by atoms with Gasteiger partial charge in [-0.1, -0.05) is 35.2 Å². The van der Waals surface area contributed by atoms with Crippen molar-refractivity contribution in [2.24, 2.45) is 0 Å². The summed E-state index contributed by atoms with van der Waals surface area (Å²) in [6.07, 6.45) is 0. The average Bonchev–Trinajstić information content (AvgIpc) is 2.76. The van der Waals surface area contributed by atoms with Gasteiger partial charge in [0.15, 0.2) is 4.34 Å². The number of halogens is 1. The average molecular weight is 283 g/mol. The highest BCUT2D eigenvalue weighted by molar-refractivity contribution is 8.01. The smallest absolute Gasteiger partial charge is 0.234 e. The van der Waals surface area contributed by atoms with Crippen LogP contribution in [0.5, 0.6) is 0 Å². The number of rotatable bonds is 4. The van der Waals surface area contributed by atoms with Crippen molar-refractivity contribution in [1.82, 2.24) is 10.2 Å². The zero-order valence-corrected chi connectivity index (χ0v) is 11.1. The monoisotopic (exact) mass is 283 g/mol. The van der Waals surface area contributed by atoms with E-state index >= 15 is 0 Å². The van der Waals surface area contributed by atoms with Crippen molar-refractivity contribution >= 4 is 34.7 Å². The number of carbonyl (C=O) groups is 1. The van der Waals surface area contributed by atoms with E-state index in [0.717, 1.165) is 9.35 Å². The minimum Gasteiger partial charge on any atom is -0.323 e. The molecular weight excluding hydrogens is 273 g/mol. The van der Waals surface area contributed by atoms with Gasteiger partial charge in [0.05, 0.1) is 11.4 Å². The number of hydrogen-bond donors (Lipinski definition) is 1. The maximum Gasteiger partial charge on any atom is 0.234 e. The molecule has 0 fully saturated rings. The van der Waals surface area contributed by atoms with Gasteiger partial charge in [-0.15, -0.1) is 10.2 Å². The molecule has 0 atom stereocenters. The van der Waals surface area contributed by atoms with Gasteiger partial charge in [-0.3, -0.25) is 4.79 Å². The molecule has 7 heteroatoms. The Labute approximate surface area is 112 Å². The summed E-state index contributed by atoms with van der Waals surface area (Å²) < 4.78 is 14.0. The van der Waals surface area contributed by atoms with Gasteiger partial charge in [0, 0.05) is 0 Å². The van der Waals surface area contributed by atoms with Crippen LogP contribution in [0.2, 0.25) is 0 Å². The maximum absolute atomic E-state index is 13.3. The standard InChI is InChI=1S/C11H10FN3OS2/c1-7-14-15-11(18-7)17-6-10(16)13-9-5-3-2-4-8(9)12/h2-5H,6H2,1H3,(H,13,16). The largest absolute Gasteiger partial charge is 0.323 e. The van der Waals surface area contributed by atoms with Crippen LogP contribution in [0.1, 0.15) is 5.01 Å². The molecule has 2 rings (SSSR count). The Hall–Kier alpha value is -1.47. The number of nitrogens with one attached hydrogen (secondary N) is 1. The van der Waals surface area contributed by atoms with Crippen LogP contribution in [0.15, 0.2) is 28.6 Å². The maximum atomic E-state index is 13.3. The van der Waals surface area contributed by atoms with E-state index in [4.69, 9.17) is 0 Å². The van der Waals surface area contributed by atoms with Crippen LogP contribution < -0.4 is 5.32 Å². The van der Waals surface area contributed by atoms with Crippen LogP contribution in [0, 0.1) is 12.7 Å². The van der Waals surface area contributed by atoms with Crippen molar-refractivity contribution in [2.45, 2.75) is 11.3 Å². The summed E-state index contributed by atoms with van der Waals surface area (Å²) in [5, 5.41) is 11.1. The zero-order chi connectivity index (χ0) is 13.0. The topological polar surface area (TPSA) is 54.9 Å². The van der Waals surface area contributed by atoms with Crippen LogP contribution in [0.4, 0.5) is 10.1 Å². The van der Waals surface area contributed by atoms with E-state index in [-0.39, 0.29) is 17.3 Å². The molecule has 0 spiro atoms. The van der Waals surface area contributed by atoms with Crippen LogP contribution >= 0.6 is 23.1 Å². The Morgan fingerprint density at radius 2 is 2.22 bits per heavy atom. The molecule has 4 nitrogen and oxygen atoms in total. The van der Waals surface area contributed by atoms with E-state index in [2.05, 4.69) is 15.5 Å². The predicted molar refractivity (Wildman–Crippen MR) is 70.4 cm³/mol. The molecule has 0 bridgehead atoms. The summed E-state index contributed by atoms with van der Waals surface area (Å²) in [6.45, 7) is 1.85. The molecule has 1 N–H and O–H groups in total. The lowest BCUT2D eigenvalue weighted by Gasteiger charge is -2.04. The van der Waals surface area contributed by atoms with Crippen LogP contribution in [-0.4, -0.2) is 21.9 Å². The number of para-hydroxylation sites is 1. The summed E-state index contributed by atoms with van der Waals surface area (Å²) in [5.74, 6) is -0.524. The molecule has 1 aromatic heterocycles. The first-order valence-electron chi connectivity index (χ1n) is 5.12. The molecular formula is C11H10FN3OS2. The molecule has 0 aliphatic heterocycles. The Morgan fingerprint density at radius 1 is 1.44 bits per heavy atom. The number of benzene rings is 1. The fourth-order valence-corrected chi connectivity index (χ4v) is 2.83. The van der Waals surface area contributed by atoms with E-state index < -0.39 is 5.82 Å². The minimum absolute atomic E-state index is 0.183. The number of anilines is 1. The Kier molecular flexibility index (Phi) is 4.27. The fraction of sp³-hybridized carbons (Fsp3) is 0.182. The second-order valence-electron chi connectivity index (χ2n) is 3.40.